The highest BCUT2D eigenvalue weighted by Gasteiger charge is 2.21. The average molecular weight is 429 g/mol. The van der Waals surface area contributed by atoms with E-state index in [9.17, 15) is 0 Å². The van der Waals surface area contributed by atoms with E-state index in [1.165, 1.54) is 102 Å². The van der Waals surface area contributed by atoms with E-state index < -0.39 is 0 Å². The van der Waals surface area contributed by atoms with E-state index in [4.69, 9.17) is 0 Å². The normalized spacial score (nSPS) is 11.8. The molecule has 0 unspecified atom stereocenters. The number of hydrogen-bond acceptors (Lipinski definition) is 1. The van der Waals surface area contributed by atoms with Crippen molar-refractivity contribution in [2.45, 2.75) is 105 Å². The molecule has 0 aliphatic carbocycles. The smallest absolute Gasteiger partial charge is 0.000966 e. The highest BCUT2D eigenvalue weighted by Crippen LogP contribution is 2.44. The molecule has 0 N–H and O–H groups in total. The van der Waals surface area contributed by atoms with E-state index in [1.807, 2.05) is 21.9 Å². The van der Waals surface area contributed by atoms with Gasteiger partial charge in [0, 0.05) is 0 Å². The van der Waals surface area contributed by atoms with E-state index in [2.05, 4.69) is 38.5 Å². The Morgan fingerprint density at radius 3 is 1.07 bits per heavy atom. The van der Waals surface area contributed by atoms with Gasteiger partial charge in [-0.1, -0.05) is 94.9 Å². The highest BCUT2D eigenvalue weighted by molar-refractivity contribution is 7.72. The van der Waals surface area contributed by atoms with Crippen molar-refractivity contribution in [3.63, 3.8) is 0 Å². The fraction of sp³-hybridized carbons (Fsp3) is 0.833. The summed E-state index contributed by atoms with van der Waals surface area (Å²) >= 11 is 2.01. The summed E-state index contributed by atoms with van der Waals surface area (Å²) in [6.07, 6.45) is 22.9. The first-order chi connectivity index (χ1) is 13.3. The van der Waals surface area contributed by atoms with Gasteiger partial charge in [0.25, 0.3) is 0 Å². The maximum atomic E-state index is 2.58. The standard InChI is InChI=1S/C24H46P2S/c1-5-9-13-17-25(18-14-10-6-2)23-21-27-22-24(23)26(19-15-11-7-3)20-16-12-8-4/h21-22H,5-20H2,1-4H3. The van der Waals surface area contributed by atoms with Crippen molar-refractivity contribution in [3.05, 3.63) is 10.8 Å². The van der Waals surface area contributed by atoms with E-state index in [1.54, 1.807) is 0 Å². The molecule has 1 aromatic rings. The molecule has 0 aliphatic rings. The molecular formula is C24H46P2S. The third-order valence-corrected chi connectivity index (χ3v) is 12.2. The number of rotatable bonds is 18. The lowest BCUT2D eigenvalue weighted by atomic mass is 10.3. The van der Waals surface area contributed by atoms with Crippen molar-refractivity contribution in [2.75, 3.05) is 24.6 Å². The molecule has 27 heavy (non-hydrogen) atoms. The van der Waals surface area contributed by atoms with Crippen LogP contribution >= 0.6 is 27.2 Å². The molecule has 0 aromatic carbocycles. The van der Waals surface area contributed by atoms with Gasteiger partial charge in [-0.3, -0.25) is 0 Å². The molecule has 1 aromatic heterocycles. The Labute approximate surface area is 177 Å². The van der Waals surface area contributed by atoms with Crippen LogP contribution in [0.15, 0.2) is 10.8 Å². The summed E-state index contributed by atoms with van der Waals surface area (Å²) in [7, 11) is 0.188. The van der Waals surface area contributed by atoms with Gasteiger partial charge in [-0.15, -0.1) is 0 Å². The second-order valence-corrected chi connectivity index (χ2v) is 13.6. The topological polar surface area (TPSA) is 0 Å². The zero-order valence-electron chi connectivity index (χ0n) is 18.8. The first-order valence-electron chi connectivity index (χ1n) is 11.8. The highest BCUT2D eigenvalue weighted by atomic mass is 32.1. The number of hydrogen-bond donors (Lipinski definition) is 0. The molecular weight excluding hydrogens is 382 g/mol. The Bertz CT molecular complexity index is 385. The van der Waals surface area contributed by atoms with E-state index in [-0.39, 0.29) is 15.8 Å². The molecule has 0 nitrogen and oxygen atoms in total. The fourth-order valence-corrected chi connectivity index (χ4v) is 11.4. The van der Waals surface area contributed by atoms with Gasteiger partial charge in [0.05, 0.1) is 0 Å². The average Bonchev–Trinajstić information content (AvgIpc) is 3.15. The van der Waals surface area contributed by atoms with Crippen molar-refractivity contribution in [2.24, 2.45) is 0 Å². The summed E-state index contributed by atoms with van der Waals surface area (Å²) in [5.74, 6) is 0. The van der Waals surface area contributed by atoms with Gasteiger partial charge in [-0.25, -0.2) is 0 Å². The zero-order valence-corrected chi connectivity index (χ0v) is 21.4. The summed E-state index contributed by atoms with van der Waals surface area (Å²) in [5.41, 5.74) is 0. The van der Waals surface area contributed by atoms with Crippen LogP contribution in [0.4, 0.5) is 0 Å². The van der Waals surface area contributed by atoms with Gasteiger partial charge < -0.3 is 0 Å². The molecule has 0 saturated carbocycles. The summed E-state index contributed by atoms with van der Waals surface area (Å²) in [4.78, 5) is 0. The third-order valence-electron chi connectivity index (χ3n) is 5.43. The second kappa shape index (κ2) is 17.4. The Morgan fingerprint density at radius 2 is 0.815 bits per heavy atom. The predicted molar refractivity (Wildman–Crippen MR) is 135 cm³/mol. The molecule has 1 rings (SSSR count). The lowest BCUT2D eigenvalue weighted by Gasteiger charge is -2.24. The lowest BCUT2D eigenvalue weighted by molar-refractivity contribution is 0.763. The largest absolute Gasteiger partial charge is 0.151 e. The molecule has 0 radical (unpaired) electrons. The maximum absolute atomic E-state index is 2.58. The van der Waals surface area contributed by atoms with Crippen molar-refractivity contribution in [1.29, 1.82) is 0 Å². The maximum Gasteiger partial charge on any atom is -0.000966 e. The van der Waals surface area contributed by atoms with Gasteiger partial charge in [0.2, 0.25) is 0 Å². The fourth-order valence-electron chi connectivity index (χ4n) is 3.67. The molecule has 158 valence electrons. The van der Waals surface area contributed by atoms with Crippen LogP contribution in [0.5, 0.6) is 0 Å². The Hall–Kier alpha value is 0.560. The third kappa shape index (κ3) is 10.8. The Balaban J connectivity index is 2.86. The van der Waals surface area contributed by atoms with Crippen LogP contribution in [0, 0.1) is 0 Å². The van der Waals surface area contributed by atoms with Gasteiger partial charge in [-0.05, 0) is 71.7 Å². The van der Waals surface area contributed by atoms with E-state index >= 15 is 0 Å². The molecule has 0 amide bonds. The summed E-state index contributed by atoms with van der Waals surface area (Å²) in [5, 5.41) is 8.85. The SMILES string of the molecule is CCCCCP(CCCCC)c1cscc1P(CCCCC)CCCCC. The first-order valence-corrected chi connectivity index (χ1v) is 16.2. The lowest BCUT2D eigenvalue weighted by Crippen LogP contribution is -2.22. The Morgan fingerprint density at radius 1 is 0.519 bits per heavy atom. The number of unbranched alkanes of at least 4 members (excludes halogenated alkanes) is 8. The summed E-state index contributed by atoms with van der Waals surface area (Å²) in [6.45, 7) is 9.37. The molecule has 0 saturated heterocycles. The van der Waals surface area contributed by atoms with Crippen LogP contribution in [0.3, 0.4) is 0 Å². The minimum absolute atomic E-state index is 0.0942. The minimum atomic E-state index is 0.0942. The quantitative estimate of drug-likeness (QED) is 0.162. The van der Waals surface area contributed by atoms with Crippen molar-refractivity contribution < 1.29 is 0 Å². The second-order valence-electron chi connectivity index (χ2n) is 7.94. The number of thiophene rings is 1. The molecule has 0 atom stereocenters. The van der Waals surface area contributed by atoms with E-state index in [0.29, 0.717) is 0 Å². The van der Waals surface area contributed by atoms with Crippen LogP contribution in [0.2, 0.25) is 0 Å². The predicted octanol–water partition coefficient (Wildman–Crippen LogP) is 8.72. The van der Waals surface area contributed by atoms with Gasteiger partial charge >= 0.3 is 0 Å². The van der Waals surface area contributed by atoms with Gasteiger partial charge in [-0.2, -0.15) is 11.3 Å². The zero-order chi connectivity index (χ0) is 19.7. The van der Waals surface area contributed by atoms with Crippen molar-refractivity contribution in [1.82, 2.24) is 0 Å². The van der Waals surface area contributed by atoms with Gasteiger partial charge in [0.1, 0.15) is 0 Å². The van der Waals surface area contributed by atoms with Crippen LogP contribution in [-0.2, 0) is 0 Å². The molecule has 3 heteroatoms. The van der Waals surface area contributed by atoms with Crippen LogP contribution in [0.25, 0.3) is 0 Å². The molecule has 0 bridgehead atoms. The van der Waals surface area contributed by atoms with Crippen LogP contribution in [-0.4, -0.2) is 24.6 Å². The van der Waals surface area contributed by atoms with Crippen molar-refractivity contribution >= 4 is 37.8 Å². The van der Waals surface area contributed by atoms with Crippen LogP contribution in [0.1, 0.15) is 105 Å². The van der Waals surface area contributed by atoms with Crippen LogP contribution < -0.4 is 10.6 Å². The first kappa shape index (κ1) is 25.6. The summed E-state index contributed by atoms with van der Waals surface area (Å²) in [6, 6.07) is 0. The Kier molecular flexibility index (Phi) is 16.5. The molecule has 1 heterocycles. The van der Waals surface area contributed by atoms with E-state index in [0.717, 1.165) is 0 Å². The molecule has 0 spiro atoms. The van der Waals surface area contributed by atoms with Crippen molar-refractivity contribution in [3.8, 4) is 0 Å². The molecule has 0 fully saturated rings. The monoisotopic (exact) mass is 428 g/mol. The minimum Gasteiger partial charge on any atom is -0.151 e. The molecule has 0 aliphatic heterocycles. The van der Waals surface area contributed by atoms with Gasteiger partial charge in [0.15, 0.2) is 0 Å². The summed E-state index contributed by atoms with van der Waals surface area (Å²) < 4.78 is 0.